The summed E-state index contributed by atoms with van der Waals surface area (Å²) >= 11 is 0. The van der Waals surface area contributed by atoms with Crippen molar-refractivity contribution in [2.45, 2.75) is 123 Å². The van der Waals surface area contributed by atoms with E-state index in [0.717, 1.165) is 18.4 Å². The van der Waals surface area contributed by atoms with Crippen molar-refractivity contribution in [2.75, 3.05) is 0 Å². The topological polar surface area (TPSA) is 50.3 Å². The Bertz CT molecular complexity index is 3280. The number of hydrogen-bond donors (Lipinski definition) is 0. The Morgan fingerprint density at radius 1 is 0.437 bits per heavy atom. The Kier molecular flexibility index (Phi) is 16.0. The molecule has 6 nitrogen and oxygen atoms in total. The minimum atomic E-state index is 0.472. The number of rotatable bonds is 8. The van der Waals surface area contributed by atoms with Gasteiger partial charge in [-0.25, -0.2) is 13.7 Å². The van der Waals surface area contributed by atoms with Crippen LogP contribution in [0.3, 0.4) is 0 Å². The number of pyridine rings is 6. The predicted octanol–water partition coefficient (Wildman–Crippen LogP) is 14.5. The monoisotopic (exact) mass is 944 g/mol. The van der Waals surface area contributed by atoms with E-state index in [4.69, 9.17) is 0 Å². The van der Waals surface area contributed by atoms with Crippen LogP contribution in [0.15, 0.2) is 110 Å². The summed E-state index contributed by atoms with van der Waals surface area (Å²) in [5, 5.41) is 6.30. The van der Waals surface area contributed by atoms with Gasteiger partial charge in [0.15, 0.2) is 18.6 Å². The normalized spacial score (nSPS) is 11.5. The van der Waals surface area contributed by atoms with E-state index < -0.39 is 0 Å². The molecule has 3 aromatic carbocycles. The van der Waals surface area contributed by atoms with E-state index in [1.165, 1.54) is 127 Å². The molecule has 0 aliphatic carbocycles. The summed E-state index contributed by atoms with van der Waals surface area (Å²) in [4.78, 5) is 13.6. The van der Waals surface area contributed by atoms with Crippen molar-refractivity contribution in [1.82, 2.24) is 15.0 Å². The summed E-state index contributed by atoms with van der Waals surface area (Å²) in [6, 6.07) is 22.5. The highest BCUT2D eigenvalue weighted by Crippen LogP contribution is 2.32. The highest BCUT2D eigenvalue weighted by molar-refractivity contribution is 5.88. The summed E-state index contributed by atoms with van der Waals surface area (Å²) in [6.07, 6.45) is 18.8. The summed E-state index contributed by atoms with van der Waals surface area (Å²) in [5.74, 6) is 1.74. The predicted molar refractivity (Wildman–Crippen MR) is 299 cm³/mol. The Balaban J connectivity index is 0.000000157. The van der Waals surface area contributed by atoms with Crippen molar-refractivity contribution in [3.63, 3.8) is 0 Å². The smallest absolute Gasteiger partial charge is 0.214 e. The first-order valence-electron chi connectivity index (χ1n) is 25.7. The number of benzene rings is 3. The molecule has 6 heteroatoms. The van der Waals surface area contributed by atoms with Gasteiger partial charge in [0.2, 0.25) is 17.1 Å². The van der Waals surface area contributed by atoms with Crippen molar-refractivity contribution >= 4 is 32.4 Å². The van der Waals surface area contributed by atoms with Gasteiger partial charge in [0.1, 0.15) is 21.1 Å². The molecule has 0 aliphatic heterocycles. The maximum Gasteiger partial charge on any atom is 0.214 e. The van der Waals surface area contributed by atoms with Crippen LogP contribution in [0.1, 0.15) is 114 Å². The third-order valence-corrected chi connectivity index (χ3v) is 14.4. The van der Waals surface area contributed by atoms with Gasteiger partial charge in [-0.05, 0) is 167 Å². The van der Waals surface area contributed by atoms with Gasteiger partial charge in [-0.3, -0.25) is 15.0 Å². The zero-order valence-corrected chi connectivity index (χ0v) is 46.2. The molecule has 0 unspecified atom stereocenters. The van der Waals surface area contributed by atoms with Gasteiger partial charge in [0.05, 0.1) is 21.7 Å². The lowest BCUT2D eigenvalue weighted by Crippen LogP contribution is -2.31. The molecular weight excluding hydrogens is 865 g/mol. The maximum absolute atomic E-state index is 4.64. The molecule has 0 spiro atoms. The van der Waals surface area contributed by atoms with Crippen LogP contribution in [0.4, 0.5) is 0 Å². The van der Waals surface area contributed by atoms with Crippen molar-refractivity contribution in [1.29, 1.82) is 0 Å². The fourth-order valence-electron chi connectivity index (χ4n) is 10.3. The summed E-state index contributed by atoms with van der Waals surface area (Å²) < 4.78 is 6.75. The lowest BCUT2D eigenvalue weighted by Gasteiger charge is -2.12. The van der Waals surface area contributed by atoms with Crippen molar-refractivity contribution in [3.8, 4) is 33.8 Å². The first kappa shape index (κ1) is 52.2. The third-order valence-electron chi connectivity index (χ3n) is 14.4. The van der Waals surface area contributed by atoms with Crippen LogP contribution in [0.2, 0.25) is 0 Å². The van der Waals surface area contributed by atoms with E-state index >= 15 is 0 Å². The molecule has 6 heterocycles. The molecule has 0 aliphatic rings. The molecule has 0 atom stereocenters. The van der Waals surface area contributed by atoms with Gasteiger partial charge in [0, 0.05) is 76.6 Å². The lowest BCUT2D eigenvalue weighted by molar-refractivity contribution is -0.659. The van der Waals surface area contributed by atoms with Crippen LogP contribution in [0, 0.1) is 74.1 Å². The number of aryl methyl sites for hydroxylation is 9. The molecule has 9 aromatic rings. The van der Waals surface area contributed by atoms with Gasteiger partial charge in [-0.1, -0.05) is 76.4 Å². The molecule has 71 heavy (non-hydrogen) atoms. The summed E-state index contributed by atoms with van der Waals surface area (Å²) in [5.41, 5.74) is 24.7. The first-order valence-corrected chi connectivity index (χ1v) is 25.7. The minimum absolute atomic E-state index is 0.472. The van der Waals surface area contributed by atoms with Gasteiger partial charge in [-0.15, -0.1) is 0 Å². The Labute approximate surface area is 425 Å². The molecule has 0 bridgehead atoms. The molecule has 6 aromatic heterocycles. The van der Waals surface area contributed by atoms with Crippen LogP contribution < -0.4 is 13.7 Å². The van der Waals surface area contributed by atoms with E-state index in [1.807, 2.05) is 31.0 Å². The number of fused-ring (bicyclic) bond motifs is 3. The van der Waals surface area contributed by atoms with E-state index in [2.05, 4.69) is 233 Å². The molecule has 0 saturated heterocycles. The Morgan fingerprint density at radius 3 is 1.31 bits per heavy atom. The van der Waals surface area contributed by atoms with Crippen molar-refractivity contribution in [2.24, 2.45) is 33.0 Å². The average Bonchev–Trinajstić information content (AvgIpc) is 3.30. The average molecular weight is 944 g/mol. The molecule has 366 valence electrons. The fraction of sp³-hybridized carbons (Fsp3) is 0.354. The zero-order valence-electron chi connectivity index (χ0n) is 46.2. The highest BCUT2D eigenvalue weighted by atomic mass is 14.9. The molecule has 0 N–H and O–H groups in total. The quantitative estimate of drug-likeness (QED) is 0.143. The van der Waals surface area contributed by atoms with Crippen LogP contribution >= 0.6 is 0 Å². The largest absolute Gasteiger partial charge is 0.264 e. The Hall–Kier alpha value is -6.66. The lowest BCUT2D eigenvalue weighted by atomic mass is 9.95. The fourth-order valence-corrected chi connectivity index (χ4v) is 10.3. The van der Waals surface area contributed by atoms with Crippen molar-refractivity contribution in [3.05, 3.63) is 177 Å². The van der Waals surface area contributed by atoms with Gasteiger partial charge in [-0.2, -0.15) is 0 Å². The van der Waals surface area contributed by atoms with E-state index in [9.17, 15) is 0 Å². The molecule has 0 radical (unpaired) electrons. The second-order valence-electron chi connectivity index (χ2n) is 21.7. The van der Waals surface area contributed by atoms with Crippen LogP contribution in [0.25, 0.3) is 66.2 Å². The number of nitrogens with zero attached hydrogens (tertiary/aromatic N) is 6. The Morgan fingerprint density at radius 2 is 0.845 bits per heavy atom. The molecular formula is C65H79N6+3. The van der Waals surface area contributed by atoms with E-state index in [-0.39, 0.29) is 0 Å². The number of aromatic nitrogens is 6. The summed E-state index contributed by atoms with van der Waals surface area (Å²) in [6.45, 7) is 33.2. The molecule has 0 amide bonds. The number of hydrogen-bond acceptors (Lipinski definition) is 3. The van der Waals surface area contributed by atoms with Crippen molar-refractivity contribution < 1.29 is 13.7 Å². The second-order valence-corrected chi connectivity index (χ2v) is 21.7. The third kappa shape index (κ3) is 11.6. The SMILES string of the molecule is Cc1cc(C)c(C)c(-c2cc3cncc(C(C)C)c3c[n+]2C)c1.Cc1cc(C)c(C)c(-c2cc3cncc(CC(C)C)c3c[n+]2C)c1.Cc1cc(C)c(C)c(-c2cc3nccc(CC(C)C)c3c[n+]2C)c1. The second kappa shape index (κ2) is 21.8. The molecule has 9 rings (SSSR count). The zero-order chi connectivity index (χ0) is 51.6. The summed E-state index contributed by atoms with van der Waals surface area (Å²) in [7, 11) is 6.42. The van der Waals surface area contributed by atoms with E-state index in [1.54, 1.807) is 0 Å². The van der Waals surface area contributed by atoms with Crippen LogP contribution in [-0.2, 0) is 34.0 Å². The first-order chi connectivity index (χ1) is 33.6. The van der Waals surface area contributed by atoms with Gasteiger partial charge >= 0.3 is 0 Å². The molecule has 0 fully saturated rings. The van der Waals surface area contributed by atoms with E-state index in [0.29, 0.717) is 17.8 Å². The maximum atomic E-state index is 4.64. The highest BCUT2D eigenvalue weighted by Gasteiger charge is 2.21. The van der Waals surface area contributed by atoms with Gasteiger partial charge < -0.3 is 0 Å². The molecule has 0 saturated carbocycles. The standard InChI is InChI=1S/2C22H27N2.C21H25N2/c1-14(2)7-18-11-23-12-19-10-22(24(6)13-21(18)19)20-9-15(3)8-16(4)17(20)5;1-14(2)9-18-7-8-23-21-12-22(24(6)13-20(18)21)19-11-15(3)10-16(4)17(19)5;1-13(2)19-11-22-10-17-9-21(23(6)12-20(17)19)18-8-14(3)7-15(4)16(18)5/h8-14H,7H2,1-6H3;7-8,10-14H,9H2,1-6H3;7-13H,1-6H3/q3*+1. The van der Waals surface area contributed by atoms with Crippen LogP contribution in [0.5, 0.6) is 0 Å². The van der Waals surface area contributed by atoms with Crippen LogP contribution in [-0.4, -0.2) is 15.0 Å². The van der Waals surface area contributed by atoms with Gasteiger partial charge in [0.25, 0.3) is 0 Å². The minimum Gasteiger partial charge on any atom is -0.264 e.